The van der Waals surface area contributed by atoms with Crippen LogP contribution in [-0.2, 0) is 0 Å². The Morgan fingerprint density at radius 2 is 1.67 bits per heavy atom. The number of pyridine rings is 1. The maximum absolute atomic E-state index is 12.5. The van der Waals surface area contributed by atoms with Gasteiger partial charge in [-0.05, 0) is 49.4 Å². The van der Waals surface area contributed by atoms with E-state index in [-0.39, 0.29) is 5.91 Å². The van der Waals surface area contributed by atoms with Crippen LogP contribution in [0.4, 0.5) is 5.69 Å². The molecule has 0 spiro atoms. The van der Waals surface area contributed by atoms with Gasteiger partial charge in [-0.1, -0.05) is 29.8 Å². The number of carbonyl (C=O) groups is 1. The molecule has 5 heteroatoms. The first-order valence-corrected chi connectivity index (χ1v) is 8.65. The van der Waals surface area contributed by atoms with E-state index in [9.17, 15) is 4.79 Å². The number of fused-ring (bicyclic) bond motifs is 2. The molecule has 27 heavy (non-hydrogen) atoms. The molecule has 134 valence electrons. The Balaban J connectivity index is 1.70. The highest BCUT2D eigenvalue weighted by Gasteiger charge is 2.11. The molecule has 0 fully saturated rings. The van der Waals surface area contributed by atoms with Crippen LogP contribution in [0.2, 0.25) is 0 Å². The van der Waals surface area contributed by atoms with Gasteiger partial charge < -0.3 is 4.74 Å². The molecule has 0 aliphatic heterocycles. The highest BCUT2D eigenvalue weighted by Crippen LogP contribution is 2.30. The van der Waals surface area contributed by atoms with Crippen molar-refractivity contribution >= 4 is 33.4 Å². The normalized spacial score (nSPS) is 10.7. The number of aromatic nitrogens is 1. The summed E-state index contributed by atoms with van der Waals surface area (Å²) in [6.07, 6.45) is 0. The lowest BCUT2D eigenvalue weighted by molar-refractivity contribution is 0.0963. The number of ether oxygens (including phenoxy) is 1. The highest BCUT2D eigenvalue weighted by molar-refractivity contribution is 6.08. The number of carbonyl (C=O) groups excluding carboxylic acids is 1. The number of aryl methyl sites for hydroxylation is 1. The number of benzene rings is 3. The SMILES string of the molecule is COc1ccc(C(=O)NNc2c3ccccc3nc3ccc(C)cc23)cc1. The molecule has 0 aliphatic carbocycles. The first-order valence-electron chi connectivity index (χ1n) is 8.65. The number of anilines is 1. The Kier molecular flexibility index (Phi) is 4.34. The van der Waals surface area contributed by atoms with Crippen molar-refractivity contribution in [3.05, 3.63) is 77.9 Å². The summed E-state index contributed by atoms with van der Waals surface area (Å²) in [4.78, 5) is 17.2. The van der Waals surface area contributed by atoms with E-state index in [1.165, 1.54) is 0 Å². The molecular formula is C22H19N3O2. The van der Waals surface area contributed by atoms with E-state index in [1.54, 1.807) is 31.4 Å². The summed E-state index contributed by atoms with van der Waals surface area (Å²) in [5.74, 6) is 0.487. The lowest BCUT2D eigenvalue weighted by atomic mass is 10.1. The molecule has 0 atom stereocenters. The third kappa shape index (κ3) is 3.27. The van der Waals surface area contributed by atoms with Crippen LogP contribution < -0.4 is 15.6 Å². The zero-order valence-electron chi connectivity index (χ0n) is 15.1. The Bertz CT molecular complexity index is 1140. The predicted molar refractivity (Wildman–Crippen MR) is 108 cm³/mol. The summed E-state index contributed by atoms with van der Waals surface area (Å²) in [6, 6.07) is 20.9. The highest BCUT2D eigenvalue weighted by atomic mass is 16.5. The van der Waals surface area contributed by atoms with E-state index in [4.69, 9.17) is 9.72 Å². The molecule has 3 aromatic carbocycles. The van der Waals surface area contributed by atoms with Gasteiger partial charge in [0.2, 0.25) is 0 Å². The first kappa shape index (κ1) is 16.8. The van der Waals surface area contributed by atoms with Gasteiger partial charge in [0.05, 0.1) is 23.8 Å². The Labute approximate surface area is 157 Å². The molecule has 0 aliphatic rings. The molecule has 1 heterocycles. The van der Waals surface area contributed by atoms with Crippen molar-refractivity contribution in [3.8, 4) is 5.75 Å². The van der Waals surface area contributed by atoms with Crippen LogP contribution in [0.1, 0.15) is 15.9 Å². The third-order valence-corrected chi connectivity index (χ3v) is 4.49. The van der Waals surface area contributed by atoms with Crippen LogP contribution in [0.25, 0.3) is 21.8 Å². The number of hydrazine groups is 1. The second-order valence-electron chi connectivity index (χ2n) is 6.33. The van der Waals surface area contributed by atoms with Gasteiger partial charge in [0, 0.05) is 16.3 Å². The minimum absolute atomic E-state index is 0.223. The van der Waals surface area contributed by atoms with Gasteiger partial charge in [-0.25, -0.2) is 4.98 Å². The van der Waals surface area contributed by atoms with Crippen LogP contribution in [0.3, 0.4) is 0 Å². The van der Waals surface area contributed by atoms with E-state index in [0.29, 0.717) is 11.3 Å². The summed E-state index contributed by atoms with van der Waals surface area (Å²) in [6.45, 7) is 2.04. The van der Waals surface area contributed by atoms with Crippen molar-refractivity contribution in [1.29, 1.82) is 0 Å². The van der Waals surface area contributed by atoms with Crippen molar-refractivity contribution < 1.29 is 9.53 Å². The largest absolute Gasteiger partial charge is 0.497 e. The van der Waals surface area contributed by atoms with Gasteiger partial charge in [0.25, 0.3) is 5.91 Å². The van der Waals surface area contributed by atoms with Gasteiger partial charge in [0.1, 0.15) is 5.75 Å². The van der Waals surface area contributed by atoms with Crippen LogP contribution in [0.15, 0.2) is 66.7 Å². The molecule has 4 aromatic rings. The Morgan fingerprint density at radius 1 is 0.926 bits per heavy atom. The topological polar surface area (TPSA) is 63.2 Å². The van der Waals surface area contributed by atoms with Crippen molar-refractivity contribution in [2.24, 2.45) is 0 Å². The maximum Gasteiger partial charge on any atom is 0.269 e. The molecule has 4 rings (SSSR count). The predicted octanol–water partition coefficient (Wildman–Crippen LogP) is 4.46. The van der Waals surface area contributed by atoms with Crippen LogP contribution >= 0.6 is 0 Å². The van der Waals surface area contributed by atoms with Gasteiger partial charge in [-0.15, -0.1) is 0 Å². The summed E-state index contributed by atoms with van der Waals surface area (Å²) in [7, 11) is 1.60. The fourth-order valence-corrected chi connectivity index (χ4v) is 3.07. The third-order valence-electron chi connectivity index (χ3n) is 4.49. The molecule has 1 aromatic heterocycles. The number of para-hydroxylation sites is 1. The van der Waals surface area contributed by atoms with E-state index in [0.717, 1.165) is 33.1 Å². The molecule has 0 bridgehead atoms. The van der Waals surface area contributed by atoms with E-state index >= 15 is 0 Å². The Hall–Kier alpha value is -3.60. The zero-order valence-corrected chi connectivity index (χ0v) is 15.1. The molecule has 2 N–H and O–H groups in total. The molecule has 1 amide bonds. The number of hydrogen-bond acceptors (Lipinski definition) is 4. The smallest absolute Gasteiger partial charge is 0.269 e. The average Bonchev–Trinajstić information content (AvgIpc) is 2.71. The maximum atomic E-state index is 12.5. The van der Waals surface area contributed by atoms with Crippen LogP contribution in [0, 0.1) is 6.92 Å². The summed E-state index contributed by atoms with van der Waals surface area (Å²) < 4.78 is 5.13. The van der Waals surface area contributed by atoms with Crippen LogP contribution in [0.5, 0.6) is 5.75 Å². The summed E-state index contributed by atoms with van der Waals surface area (Å²) in [5, 5.41) is 1.91. The molecule has 0 unspecified atom stereocenters. The molecular weight excluding hydrogens is 338 g/mol. The van der Waals surface area contributed by atoms with Crippen molar-refractivity contribution in [2.45, 2.75) is 6.92 Å². The second kappa shape index (κ2) is 6.96. The van der Waals surface area contributed by atoms with Crippen molar-refractivity contribution in [2.75, 3.05) is 12.5 Å². The lowest BCUT2D eigenvalue weighted by Crippen LogP contribution is -2.29. The minimum Gasteiger partial charge on any atom is -0.497 e. The van der Waals surface area contributed by atoms with Gasteiger partial charge in [-0.3, -0.25) is 15.6 Å². The monoisotopic (exact) mass is 357 g/mol. The number of rotatable bonds is 4. The standard InChI is InChI=1S/C22H19N3O2/c1-14-7-12-20-18(13-14)21(17-5-3-4-6-19(17)23-20)24-25-22(26)15-8-10-16(27-2)11-9-15/h3-13H,1-2H3,(H,23,24)(H,25,26). The van der Waals surface area contributed by atoms with E-state index < -0.39 is 0 Å². The fraction of sp³-hybridized carbons (Fsp3) is 0.0909. The number of amides is 1. The summed E-state index contributed by atoms with van der Waals surface area (Å²) in [5.41, 5.74) is 10.2. The fourth-order valence-electron chi connectivity index (χ4n) is 3.07. The second-order valence-corrected chi connectivity index (χ2v) is 6.33. The average molecular weight is 357 g/mol. The van der Waals surface area contributed by atoms with Gasteiger partial charge in [0.15, 0.2) is 0 Å². The quantitative estimate of drug-likeness (QED) is 0.418. The molecule has 0 saturated heterocycles. The van der Waals surface area contributed by atoms with Gasteiger partial charge in [-0.2, -0.15) is 0 Å². The number of hydrogen-bond donors (Lipinski definition) is 2. The van der Waals surface area contributed by atoms with E-state index in [2.05, 4.69) is 16.9 Å². The molecule has 5 nitrogen and oxygen atoms in total. The lowest BCUT2D eigenvalue weighted by Gasteiger charge is -2.14. The number of nitrogens with one attached hydrogen (secondary N) is 2. The van der Waals surface area contributed by atoms with E-state index in [1.807, 2.05) is 43.3 Å². The minimum atomic E-state index is -0.223. The van der Waals surface area contributed by atoms with Gasteiger partial charge >= 0.3 is 0 Å². The molecule has 0 saturated carbocycles. The van der Waals surface area contributed by atoms with Crippen molar-refractivity contribution in [1.82, 2.24) is 10.4 Å². The number of nitrogens with zero attached hydrogens (tertiary/aromatic N) is 1. The van der Waals surface area contributed by atoms with Crippen molar-refractivity contribution in [3.63, 3.8) is 0 Å². The molecule has 0 radical (unpaired) electrons. The summed E-state index contributed by atoms with van der Waals surface area (Å²) >= 11 is 0. The zero-order chi connectivity index (χ0) is 18.8. The van der Waals surface area contributed by atoms with Crippen LogP contribution in [-0.4, -0.2) is 18.0 Å². The Morgan fingerprint density at radius 3 is 2.44 bits per heavy atom. The number of methoxy groups -OCH3 is 1. The first-order chi connectivity index (χ1) is 13.2.